The summed E-state index contributed by atoms with van der Waals surface area (Å²) in [4.78, 5) is 16.1. The van der Waals surface area contributed by atoms with Crippen LogP contribution in [0.15, 0.2) is 42.6 Å². The normalized spacial score (nSPS) is 10.5. The number of aromatic nitrogens is 3. The quantitative estimate of drug-likeness (QED) is 0.606. The number of H-pyrrole nitrogens is 1. The van der Waals surface area contributed by atoms with Crippen LogP contribution in [0.3, 0.4) is 0 Å². The molecule has 0 atom stereocenters. The van der Waals surface area contributed by atoms with E-state index in [-0.39, 0.29) is 5.91 Å². The van der Waals surface area contributed by atoms with Crippen molar-refractivity contribution in [1.82, 2.24) is 15.2 Å². The van der Waals surface area contributed by atoms with Crippen molar-refractivity contribution in [3.05, 3.63) is 48.2 Å². The Balaban J connectivity index is 1.89. The highest BCUT2D eigenvalue weighted by Crippen LogP contribution is 2.18. The Labute approximate surface area is 108 Å². The third-order valence-corrected chi connectivity index (χ3v) is 2.74. The number of hydrogen-bond acceptors (Lipinski definition) is 4. The third kappa shape index (κ3) is 2.11. The molecule has 0 saturated heterocycles. The largest absolute Gasteiger partial charge is 0.399 e. The van der Waals surface area contributed by atoms with E-state index in [2.05, 4.69) is 20.5 Å². The maximum Gasteiger partial charge on any atom is 0.256 e. The molecule has 1 aromatic carbocycles. The van der Waals surface area contributed by atoms with Gasteiger partial charge >= 0.3 is 0 Å². The second-order valence-corrected chi connectivity index (χ2v) is 4.05. The Bertz CT molecular complexity index is 732. The van der Waals surface area contributed by atoms with Crippen LogP contribution in [0.25, 0.3) is 11.0 Å². The first-order valence-electron chi connectivity index (χ1n) is 5.70. The summed E-state index contributed by atoms with van der Waals surface area (Å²) >= 11 is 0. The number of fused-ring (bicyclic) bond motifs is 1. The molecule has 0 aliphatic carbocycles. The van der Waals surface area contributed by atoms with Crippen LogP contribution >= 0.6 is 0 Å². The third-order valence-electron chi connectivity index (χ3n) is 2.74. The van der Waals surface area contributed by atoms with Gasteiger partial charge in [0.1, 0.15) is 5.82 Å². The Kier molecular flexibility index (Phi) is 2.60. The summed E-state index contributed by atoms with van der Waals surface area (Å²) in [5, 5.41) is 10.3. The molecule has 3 aromatic rings. The minimum atomic E-state index is -0.227. The summed E-state index contributed by atoms with van der Waals surface area (Å²) in [6.45, 7) is 0. The number of pyridine rings is 1. The minimum absolute atomic E-state index is 0.227. The number of rotatable bonds is 2. The van der Waals surface area contributed by atoms with Gasteiger partial charge in [-0.3, -0.25) is 9.89 Å². The molecule has 0 fully saturated rings. The van der Waals surface area contributed by atoms with E-state index in [1.54, 1.807) is 36.5 Å². The van der Waals surface area contributed by atoms with Gasteiger partial charge in [-0.15, -0.1) is 0 Å². The average Bonchev–Trinajstić information content (AvgIpc) is 2.83. The number of nitrogens with one attached hydrogen (secondary N) is 2. The first-order valence-corrected chi connectivity index (χ1v) is 5.70. The van der Waals surface area contributed by atoms with Crippen LogP contribution < -0.4 is 11.1 Å². The van der Waals surface area contributed by atoms with Crippen LogP contribution in [0, 0.1) is 0 Å². The van der Waals surface area contributed by atoms with Gasteiger partial charge in [-0.05, 0) is 36.4 Å². The minimum Gasteiger partial charge on any atom is -0.399 e. The topological polar surface area (TPSA) is 96.7 Å². The molecule has 0 aliphatic rings. The van der Waals surface area contributed by atoms with Crippen LogP contribution in [-0.2, 0) is 0 Å². The molecule has 2 aromatic heterocycles. The number of nitrogen functional groups attached to an aromatic ring is 1. The lowest BCUT2D eigenvalue weighted by Crippen LogP contribution is -2.12. The zero-order valence-corrected chi connectivity index (χ0v) is 9.92. The highest BCUT2D eigenvalue weighted by molar-refractivity contribution is 6.07. The molecule has 0 spiro atoms. The fraction of sp³-hybridized carbons (Fsp3) is 0. The molecule has 6 nitrogen and oxygen atoms in total. The number of nitrogens with two attached hydrogens (primary N) is 1. The molecule has 0 aliphatic heterocycles. The van der Waals surface area contributed by atoms with Crippen molar-refractivity contribution in [3.8, 4) is 0 Å². The predicted octanol–water partition coefficient (Wildman–Crippen LogP) is 1.79. The van der Waals surface area contributed by atoms with Crippen LogP contribution in [0.4, 0.5) is 11.5 Å². The monoisotopic (exact) mass is 253 g/mol. The van der Waals surface area contributed by atoms with Gasteiger partial charge in [0.05, 0.1) is 5.39 Å². The van der Waals surface area contributed by atoms with E-state index in [0.717, 1.165) is 5.39 Å². The summed E-state index contributed by atoms with van der Waals surface area (Å²) in [6, 6.07) is 10.3. The van der Waals surface area contributed by atoms with E-state index >= 15 is 0 Å². The molecular weight excluding hydrogens is 242 g/mol. The first-order chi connectivity index (χ1) is 9.24. The van der Waals surface area contributed by atoms with Crippen molar-refractivity contribution >= 4 is 28.4 Å². The number of anilines is 2. The number of nitrogens with zero attached hydrogens (tertiary/aromatic N) is 2. The highest BCUT2D eigenvalue weighted by atomic mass is 16.1. The van der Waals surface area contributed by atoms with Crippen LogP contribution in [-0.4, -0.2) is 21.1 Å². The first kappa shape index (κ1) is 11.2. The fourth-order valence-corrected chi connectivity index (χ4v) is 1.77. The van der Waals surface area contributed by atoms with Gasteiger partial charge in [0.25, 0.3) is 5.91 Å². The van der Waals surface area contributed by atoms with Gasteiger partial charge in [-0.25, -0.2) is 4.98 Å². The second kappa shape index (κ2) is 4.41. The lowest BCUT2D eigenvalue weighted by Gasteiger charge is -2.03. The zero-order valence-electron chi connectivity index (χ0n) is 9.92. The van der Waals surface area contributed by atoms with Crippen molar-refractivity contribution < 1.29 is 4.79 Å². The van der Waals surface area contributed by atoms with Crippen molar-refractivity contribution in [2.24, 2.45) is 0 Å². The van der Waals surface area contributed by atoms with Gasteiger partial charge < -0.3 is 11.1 Å². The van der Waals surface area contributed by atoms with Gasteiger partial charge in [-0.2, -0.15) is 5.10 Å². The molecular formula is C13H11N5O. The predicted molar refractivity (Wildman–Crippen MR) is 72.7 cm³/mol. The standard InChI is InChI=1S/C13H11N5O/c14-9-5-3-8(4-6-9)13(19)16-12-10-2-1-7-15-11(10)17-18-12/h1-7H,14H2,(H2,15,16,17,18,19). The van der Waals surface area contributed by atoms with E-state index in [1.165, 1.54) is 0 Å². The van der Waals surface area contributed by atoms with Gasteiger partial charge in [0.2, 0.25) is 0 Å². The number of hydrogen-bond donors (Lipinski definition) is 3. The van der Waals surface area contributed by atoms with Crippen LogP contribution in [0.5, 0.6) is 0 Å². The Morgan fingerprint density at radius 1 is 1.21 bits per heavy atom. The molecule has 0 bridgehead atoms. The fourth-order valence-electron chi connectivity index (χ4n) is 1.77. The highest BCUT2D eigenvalue weighted by Gasteiger charge is 2.10. The molecule has 19 heavy (non-hydrogen) atoms. The number of benzene rings is 1. The molecule has 94 valence electrons. The molecule has 2 heterocycles. The van der Waals surface area contributed by atoms with Crippen molar-refractivity contribution in [1.29, 1.82) is 0 Å². The van der Waals surface area contributed by atoms with Crippen LogP contribution in [0.1, 0.15) is 10.4 Å². The van der Waals surface area contributed by atoms with Crippen molar-refractivity contribution in [2.45, 2.75) is 0 Å². The van der Waals surface area contributed by atoms with Gasteiger partial charge in [0.15, 0.2) is 5.65 Å². The van der Waals surface area contributed by atoms with E-state index in [0.29, 0.717) is 22.7 Å². The second-order valence-electron chi connectivity index (χ2n) is 4.05. The molecule has 6 heteroatoms. The lowest BCUT2D eigenvalue weighted by atomic mass is 10.2. The SMILES string of the molecule is Nc1ccc(C(=O)Nc2[nH]nc3ncccc23)cc1. The van der Waals surface area contributed by atoms with Gasteiger partial charge in [-0.1, -0.05) is 0 Å². The molecule has 1 amide bonds. The summed E-state index contributed by atoms with van der Waals surface area (Å²) in [7, 11) is 0. The number of carbonyl (C=O) groups is 1. The number of carbonyl (C=O) groups excluding carboxylic acids is 1. The maximum atomic E-state index is 12.0. The smallest absolute Gasteiger partial charge is 0.256 e. The van der Waals surface area contributed by atoms with Crippen LogP contribution in [0.2, 0.25) is 0 Å². The number of aromatic amines is 1. The van der Waals surface area contributed by atoms with Crippen molar-refractivity contribution in [3.63, 3.8) is 0 Å². The van der Waals surface area contributed by atoms with E-state index in [9.17, 15) is 4.79 Å². The molecule has 0 unspecified atom stereocenters. The molecule has 4 N–H and O–H groups in total. The average molecular weight is 253 g/mol. The molecule has 0 saturated carbocycles. The Hall–Kier alpha value is -2.89. The zero-order chi connectivity index (χ0) is 13.2. The Morgan fingerprint density at radius 2 is 2.00 bits per heavy atom. The lowest BCUT2D eigenvalue weighted by molar-refractivity contribution is 0.102. The van der Waals surface area contributed by atoms with E-state index in [4.69, 9.17) is 5.73 Å². The number of amides is 1. The van der Waals surface area contributed by atoms with E-state index < -0.39 is 0 Å². The molecule has 3 rings (SSSR count). The Morgan fingerprint density at radius 3 is 2.79 bits per heavy atom. The van der Waals surface area contributed by atoms with E-state index in [1.807, 2.05) is 6.07 Å². The van der Waals surface area contributed by atoms with Crippen molar-refractivity contribution in [2.75, 3.05) is 11.1 Å². The summed E-state index contributed by atoms with van der Waals surface area (Å²) < 4.78 is 0. The summed E-state index contributed by atoms with van der Waals surface area (Å²) in [6.07, 6.45) is 1.65. The summed E-state index contributed by atoms with van der Waals surface area (Å²) in [5.41, 5.74) is 7.29. The summed E-state index contributed by atoms with van der Waals surface area (Å²) in [5.74, 6) is 0.305. The maximum absolute atomic E-state index is 12.0. The molecule has 0 radical (unpaired) electrons. The van der Waals surface area contributed by atoms with Gasteiger partial charge in [0, 0.05) is 17.4 Å².